The van der Waals surface area contributed by atoms with Crippen molar-refractivity contribution < 1.29 is 13.5 Å². The predicted molar refractivity (Wildman–Crippen MR) is 76.3 cm³/mol. The van der Waals surface area contributed by atoms with E-state index in [2.05, 4.69) is 30.4 Å². The minimum absolute atomic E-state index is 0.0632. The summed E-state index contributed by atoms with van der Waals surface area (Å²) in [6, 6.07) is 5.99. The summed E-state index contributed by atoms with van der Waals surface area (Å²) in [7, 11) is 0. The topological polar surface area (TPSA) is 92.3 Å². The van der Waals surface area contributed by atoms with E-state index in [9.17, 15) is 13.6 Å². The van der Waals surface area contributed by atoms with Gasteiger partial charge in [-0.25, -0.2) is 5.43 Å². The molecule has 2 rings (SSSR count). The molecule has 0 aliphatic rings. The van der Waals surface area contributed by atoms with Crippen molar-refractivity contribution in [3.63, 3.8) is 0 Å². The van der Waals surface area contributed by atoms with Crippen LogP contribution in [0.25, 0.3) is 0 Å². The van der Waals surface area contributed by atoms with Crippen molar-refractivity contribution >= 4 is 11.7 Å². The minimum atomic E-state index is -2.86. The maximum atomic E-state index is 12.1. The number of halogens is 2. The van der Waals surface area contributed by atoms with Crippen molar-refractivity contribution in [1.29, 1.82) is 0 Å². The Bertz CT molecular complexity index is 728. The molecular weight excluding hydrogens is 296 g/mol. The van der Waals surface area contributed by atoms with Gasteiger partial charge in [-0.2, -0.15) is 13.9 Å². The molecule has 9 heteroatoms. The number of ether oxygens (including phenoxy) is 1. The van der Waals surface area contributed by atoms with Crippen LogP contribution in [-0.4, -0.2) is 27.5 Å². The third-order valence-electron chi connectivity index (χ3n) is 2.69. The molecule has 116 valence electrons. The zero-order chi connectivity index (χ0) is 16.1. The number of nitrogens with one attached hydrogen (secondary N) is 2. The molecule has 1 aromatic heterocycles. The molecule has 22 heavy (non-hydrogen) atoms. The summed E-state index contributed by atoms with van der Waals surface area (Å²) in [5.74, 6) is 0.167. The lowest BCUT2D eigenvalue weighted by Crippen LogP contribution is -2.16. The Morgan fingerprint density at radius 2 is 2.00 bits per heavy atom. The van der Waals surface area contributed by atoms with Crippen molar-refractivity contribution in [3.05, 3.63) is 45.9 Å². The maximum absolute atomic E-state index is 12.1. The highest BCUT2D eigenvalue weighted by molar-refractivity contribution is 5.99. The van der Waals surface area contributed by atoms with E-state index in [1.807, 2.05) is 0 Å². The molecular formula is C13H13F2N5O2. The maximum Gasteiger partial charge on any atom is 0.387 e. The quantitative estimate of drug-likeness (QED) is 0.650. The van der Waals surface area contributed by atoms with Crippen molar-refractivity contribution in [2.45, 2.75) is 20.5 Å². The van der Waals surface area contributed by atoms with Crippen molar-refractivity contribution in [2.75, 3.05) is 5.43 Å². The number of benzene rings is 1. The second kappa shape index (κ2) is 6.74. The van der Waals surface area contributed by atoms with Crippen molar-refractivity contribution in [1.82, 2.24) is 15.2 Å². The Labute approximate surface area is 124 Å². The number of rotatable bonds is 5. The van der Waals surface area contributed by atoms with Crippen LogP contribution in [0.4, 0.5) is 14.7 Å². The molecule has 0 atom stereocenters. The van der Waals surface area contributed by atoms with Gasteiger partial charge in [0, 0.05) is 0 Å². The lowest BCUT2D eigenvalue weighted by atomic mass is 10.1. The summed E-state index contributed by atoms with van der Waals surface area (Å²) < 4.78 is 28.4. The van der Waals surface area contributed by atoms with Gasteiger partial charge in [0.2, 0.25) is 5.95 Å². The first kappa shape index (κ1) is 15.5. The van der Waals surface area contributed by atoms with E-state index < -0.39 is 6.61 Å². The number of alkyl halides is 2. The molecule has 0 fully saturated rings. The lowest BCUT2D eigenvalue weighted by Gasteiger charge is -2.06. The third kappa shape index (κ3) is 4.08. The van der Waals surface area contributed by atoms with Gasteiger partial charge in [-0.15, -0.1) is 10.2 Å². The Morgan fingerprint density at radius 3 is 2.59 bits per heavy atom. The first-order valence-corrected chi connectivity index (χ1v) is 6.25. The van der Waals surface area contributed by atoms with E-state index in [0.29, 0.717) is 11.3 Å². The molecule has 0 amide bonds. The van der Waals surface area contributed by atoms with Crippen LogP contribution in [0, 0.1) is 6.92 Å². The summed E-state index contributed by atoms with van der Waals surface area (Å²) in [4.78, 5) is 13.8. The van der Waals surface area contributed by atoms with Crippen LogP contribution in [0.3, 0.4) is 0 Å². The average molecular weight is 309 g/mol. The number of hydrogen-bond donors (Lipinski definition) is 2. The van der Waals surface area contributed by atoms with E-state index in [1.54, 1.807) is 19.1 Å². The van der Waals surface area contributed by atoms with Crippen LogP contribution in [0.1, 0.15) is 18.2 Å². The number of aromatic nitrogens is 3. The van der Waals surface area contributed by atoms with E-state index in [1.165, 1.54) is 19.1 Å². The normalized spacial score (nSPS) is 11.6. The second-order valence-corrected chi connectivity index (χ2v) is 4.30. The highest BCUT2D eigenvalue weighted by Gasteiger charge is 2.05. The van der Waals surface area contributed by atoms with E-state index in [4.69, 9.17) is 0 Å². The number of aryl methyl sites for hydroxylation is 1. The fraction of sp³-hybridized carbons (Fsp3) is 0.231. The van der Waals surface area contributed by atoms with Crippen LogP contribution in [0.2, 0.25) is 0 Å². The summed E-state index contributed by atoms with van der Waals surface area (Å²) in [6.07, 6.45) is 0. The number of aromatic amines is 1. The molecule has 0 radical (unpaired) electrons. The largest absolute Gasteiger partial charge is 0.435 e. The monoisotopic (exact) mass is 309 g/mol. The Balaban J connectivity index is 2.08. The van der Waals surface area contributed by atoms with Gasteiger partial charge in [-0.05, 0) is 43.7 Å². The van der Waals surface area contributed by atoms with Gasteiger partial charge < -0.3 is 4.74 Å². The molecule has 1 aromatic carbocycles. The fourth-order valence-electron chi connectivity index (χ4n) is 1.52. The van der Waals surface area contributed by atoms with Gasteiger partial charge in [-0.1, -0.05) is 0 Å². The molecule has 0 aliphatic carbocycles. The number of hydrazone groups is 1. The number of nitrogens with zero attached hydrogens (tertiary/aromatic N) is 3. The Hall–Kier alpha value is -2.84. The lowest BCUT2D eigenvalue weighted by molar-refractivity contribution is -0.0498. The summed E-state index contributed by atoms with van der Waals surface area (Å²) in [5.41, 5.74) is 3.71. The van der Waals surface area contributed by atoms with Crippen LogP contribution in [-0.2, 0) is 0 Å². The van der Waals surface area contributed by atoms with E-state index >= 15 is 0 Å². The van der Waals surface area contributed by atoms with Crippen molar-refractivity contribution in [2.24, 2.45) is 5.10 Å². The molecule has 2 aromatic rings. The molecule has 7 nitrogen and oxygen atoms in total. The van der Waals surface area contributed by atoms with Gasteiger partial charge in [0.25, 0.3) is 5.56 Å². The molecule has 2 N–H and O–H groups in total. The Kier molecular flexibility index (Phi) is 4.77. The average Bonchev–Trinajstić information content (AvgIpc) is 2.48. The minimum Gasteiger partial charge on any atom is -0.435 e. The second-order valence-electron chi connectivity index (χ2n) is 4.30. The summed E-state index contributed by atoms with van der Waals surface area (Å²) in [6.45, 7) is 0.377. The summed E-state index contributed by atoms with van der Waals surface area (Å²) in [5, 5.41) is 11.4. The number of H-pyrrole nitrogens is 1. The first-order chi connectivity index (χ1) is 10.5. The summed E-state index contributed by atoms with van der Waals surface area (Å²) >= 11 is 0. The molecule has 0 saturated heterocycles. The van der Waals surface area contributed by atoms with E-state index in [-0.39, 0.29) is 23.0 Å². The smallest absolute Gasteiger partial charge is 0.387 e. The molecule has 0 aliphatic heterocycles. The van der Waals surface area contributed by atoms with Gasteiger partial charge in [-0.3, -0.25) is 9.78 Å². The fourth-order valence-corrected chi connectivity index (χ4v) is 1.52. The van der Waals surface area contributed by atoms with Gasteiger partial charge >= 0.3 is 6.61 Å². The van der Waals surface area contributed by atoms with Crippen LogP contribution >= 0.6 is 0 Å². The predicted octanol–water partition coefficient (Wildman–Crippen LogP) is 1.91. The van der Waals surface area contributed by atoms with E-state index in [0.717, 1.165) is 0 Å². The number of hydrogen-bond acceptors (Lipinski definition) is 6. The Morgan fingerprint density at radius 1 is 1.32 bits per heavy atom. The standard InChI is InChI=1S/C13H13F2N5O2/c1-7(9-3-5-10(6-4-9)22-12(14)15)17-19-13-16-11(21)8(2)18-20-13/h3-6,12H,1-2H3,(H2,16,19,20,21)/b17-7+. The molecule has 0 bridgehead atoms. The third-order valence-corrected chi connectivity index (χ3v) is 2.69. The number of anilines is 1. The highest BCUT2D eigenvalue weighted by Crippen LogP contribution is 2.15. The SMILES string of the molecule is C/C(=N\Nc1nnc(C)c(=O)[nH]1)c1ccc(OC(F)F)cc1. The van der Waals surface area contributed by atoms with Crippen LogP contribution < -0.4 is 15.7 Å². The van der Waals surface area contributed by atoms with Crippen LogP contribution in [0.15, 0.2) is 34.2 Å². The van der Waals surface area contributed by atoms with Gasteiger partial charge in [0.05, 0.1) is 5.71 Å². The molecule has 0 spiro atoms. The molecule has 0 unspecified atom stereocenters. The zero-order valence-electron chi connectivity index (χ0n) is 11.8. The van der Waals surface area contributed by atoms with Crippen molar-refractivity contribution in [3.8, 4) is 5.75 Å². The molecule has 1 heterocycles. The van der Waals surface area contributed by atoms with Gasteiger partial charge in [0.1, 0.15) is 11.4 Å². The van der Waals surface area contributed by atoms with Gasteiger partial charge in [0.15, 0.2) is 0 Å². The highest BCUT2D eigenvalue weighted by atomic mass is 19.3. The molecule has 0 saturated carbocycles. The van der Waals surface area contributed by atoms with Crippen LogP contribution in [0.5, 0.6) is 5.75 Å². The zero-order valence-corrected chi connectivity index (χ0v) is 11.8. The first-order valence-electron chi connectivity index (χ1n) is 6.25.